The maximum Gasteiger partial charge on any atom is 0.318 e. The molecule has 1 aliphatic heterocycles. The van der Waals surface area contributed by atoms with Crippen LogP contribution in [0.3, 0.4) is 0 Å². The summed E-state index contributed by atoms with van der Waals surface area (Å²) < 4.78 is 1.09. The molecule has 1 saturated heterocycles. The second-order valence-corrected chi connectivity index (χ2v) is 5.37. The Labute approximate surface area is 110 Å². The van der Waals surface area contributed by atoms with E-state index in [2.05, 4.69) is 41.2 Å². The third-order valence-corrected chi connectivity index (χ3v) is 4.69. The normalized spacial score (nSPS) is 24.0. The van der Waals surface area contributed by atoms with Gasteiger partial charge < -0.3 is 10.2 Å². The Bertz CT molecular complexity index is 461. The minimum Gasteiger partial charge on any atom is -0.335 e. The number of hydrogen-bond donors (Lipinski definition) is 1. The van der Waals surface area contributed by atoms with Crippen molar-refractivity contribution < 1.29 is 4.79 Å². The molecule has 3 nitrogen and oxygen atoms in total. The van der Waals surface area contributed by atoms with E-state index in [4.69, 9.17) is 0 Å². The van der Waals surface area contributed by atoms with Gasteiger partial charge in [0.15, 0.2) is 0 Å². The molecule has 0 radical (unpaired) electrons. The molecule has 1 fully saturated rings. The molecule has 0 spiro atoms. The Morgan fingerprint density at radius 2 is 2.24 bits per heavy atom. The highest BCUT2D eigenvalue weighted by atomic mass is 79.9. The van der Waals surface area contributed by atoms with Crippen LogP contribution in [0.25, 0.3) is 0 Å². The van der Waals surface area contributed by atoms with Crippen molar-refractivity contribution in [3.05, 3.63) is 33.8 Å². The van der Waals surface area contributed by atoms with Crippen LogP contribution in [0, 0.1) is 6.92 Å². The van der Waals surface area contributed by atoms with Gasteiger partial charge in [0.1, 0.15) is 0 Å². The van der Waals surface area contributed by atoms with Gasteiger partial charge in [-0.3, -0.25) is 0 Å². The zero-order chi connectivity index (χ0) is 12.6. The number of likely N-dealkylation sites (N-methyl/N-ethyl adjacent to an activating group) is 1. The van der Waals surface area contributed by atoms with Crippen molar-refractivity contribution in [2.24, 2.45) is 0 Å². The highest BCUT2D eigenvalue weighted by molar-refractivity contribution is 9.10. The number of urea groups is 1. The first-order valence-electron chi connectivity index (χ1n) is 5.80. The van der Waals surface area contributed by atoms with E-state index in [-0.39, 0.29) is 11.6 Å². The number of nitrogens with one attached hydrogen (secondary N) is 1. The van der Waals surface area contributed by atoms with Crippen LogP contribution in [0.2, 0.25) is 0 Å². The standard InChI is InChI=1S/C13H17BrN2O/c1-4-13(8-15-12(17)16(13)3)10-6-5-7-11(14)9(10)2/h5-7H,4,8H2,1-3H3,(H,15,17). The minimum absolute atomic E-state index is 0.00576. The molecule has 1 unspecified atom stereocenters. The summed E-state index contributed by atoms with van der Waals surface area (Å²) in [6, 6.07) is 6.18. The summed E-state index contributed by atoms with van der Waals surface area (Å²) in [5, 5.41) is 2.93. The third-order valence-electron chi connectivity index (χ3n) is 3.83. The van der Waals surface area contributed by atoms with Gasteiger partial charge in [0.05, 0.1) is 5.54 Å². The molecule has 0 aromatic heterocycles. The van der Waals surface area contributed by atoms with Crippen LogP contribution in [-0.4, -0.2) is 24.5 Å². The Morgan fingerprint density at radius 1 is 1.53 bits per heavy atom. The number of amides is 2. The second kappa shape index (κ2) is 4.33. The van der Waals surface area contributed by atoms with Gasteiger partial charge in [-0.05, 0) is 30.5 Å². The highest BCUT2D eigenvalue weighted by Crippen LogP contribution is 2.37. The molecule has 0 aliphatic carbocycles. The smallest absolute Gasteiger partial charge is 0.318 e. The number of carbonyl (C=O) groups excluding carboxylic acids is 1. The molecule has 17 heavy (non-hydrogen) atoms. The molecule has 1 atom stereocenters. The van der Waals surface area contributed by atoms with Crippen LogP contribution in [0.5, 0.6) is 0 Å². The van der Waals surface area contributed by atoms with E-state index in [0.29, 0.717) is 6.54 Å². The molecular formula is C13H17BrN2O. The molecular weight excluding hydrogens is 280 g/mol. The summed E-state index contributed by atoms with van der Waals surface area (Å²) in [7, 11) is 1.87. The monoisotopic (exact) mass is 296 g/mol. The summed E-state index contributed by atoms with van der Waals surface area (Å²) in [5.41, 5.74) is 2.21. The Morgan fingerprint density at radius 3 is 2.76 bits per heavy atom. The van der Waals surface area contributed by atoms with Crippen LogP contribution in [0.1, 0.15) is 24.5 Å². The average molecular weight is 297 g/mol. The minimum atomic E-state index is -0.217. The predicted octanol–water partition coefficient (Wildman–Crippen LogP) is 3.02. The molecule has 0 bridgehead atoms. The quantitative estimate of drug-likeness (QED) is 0.894. The van der Waals surface area contributed by atoms with Gasteiger partial charge in [-0.2, -0.15) is 0 Å². The van der Waals surface area contributed by atoms with Crippen molar-refractivity contribution in [1.29, 1.82) is 0 Å². The highest BCUT2D eigenvalue weighted by Gasteiger charge is 2.44. The van der Waals surface area contributed by atoms with Crippen LogP contribution in [-0.2, 0) is 5.54 Å². The fourth-order valence-corrected chi connectivity index (χ4v) is 2.96. The molecule has 1 aromatic rings. The lowest BCUT2D eigenvalue weighted by Crippen LogP contribution is -2.42. The number of nitrogens with zero attached hydrogens (tertiary/aromatic N) is 1. The van der Waals surface area contributed by atoms with Crippen molar-refractivity contribution in [2.75, 3.05) is 13.6 Å². The van der Waals surface area contributed by atoms with Crippen LogP contribution < -0.4 is 5.32 Å². The van der Waals surface area contributed by atoms with E-state index in [0.717, 1.165) is 10.9 Å². The summed E-state index contributed by atoms with van der Waals surface area (Å²) in [5.74, 6) is 0. The summed E-state index contributed by atoms with van der Waals surface area (Å²) in [4.78, 5) is 13.5. The molecule has 2 amide bonds. The number of carbonyl (C=O) groups is 1. The lowest BCUT2D eigenvalue weighted by atomic mass is 9.84. The summed E-state index contributed by atoms with van der Waals surface area (Å²) in [6.07, 6.45) is 0.902. The lowest BCUT2D eigenvalue weighted by Gasteiger charge is -2.35. The van der Waals surface area contributed by atoms with Crippen molar-refractivity contribution in [2.45, 2.75) is 25.8 Å². The zero-order valence-electron chi connectivity index (χ0n) is 10.4. The molecule has 1 aromatic carbocycles. The van der Waals surface area contributed by atoms with Crippen molar-refractivity contribution >= 4 is 22.0 Å². The number of benzene rings is 1. The van der Waals surface area contributed by atoms with Crippen LogP contribution >= 0.6 is 15.9 Å². The van der Waals surface area contributed by atoms with Gasteiger partial charge in [0, 0.05) is 18.1 Å². The molecule has 1 N–H and O–H groups in total. The maximum atomic E-state index is 11.7. The van der Waals surface area contributed by atoms with E-state index in [1.165, 1.54) is 11.1 Å². The van der Waals surface area contributed by atoms with Crippen LogP contribution in [0.15, 0.2) is 22.7 Å². The predicted molar refractivity (Wildman–Crippen MR) is 72.0 cm³/mol. The second-order valence-electron chi connectivity index (χ2n) is 4.52. The average Bonchev–Trinajstić information content (AvgIpc) is 2.61. The van der Waals surface area contributed by atoms with Crippen LogP contribution in [0.4, 0.5) is 4.79 Å². The fourth-order valence-electron chi connectivity index (χ4n) is 2.59. The number of halogens is 1. The topological polar surface area (TPSA) is 32.3 Å². The molecule has 2 rings (SSSR count). The summed E-state index contributed by atoms with van der Waals surface area (Å²) >= 11 is 3.56. The molecule has 1 aliphatic rings. The zero-order valence-corrected chi connectivity index (χ0v) is 12.0. The van der Waals surface area contributed by atoms with Crippen molar-refractivity contribution in [3.63, 3.8) is 0 Å². The first kappa shape index (κ1) is 12.4. The van der Waals surface area contributed by atoms with Gasteiger partial charge in [-0.15, -0.1) is 0 Å². The molecule has 4 heteroatoms. The lowest BCUT2D eigenvalue weighted by molar-refractivity contribution is 0.174. The van der Waals surface area contributed by atoms with Gasteiger partial charge >= 0.3 is 6.03 Å². The first-order valence-corrected chi connectivity index (χ1v) is 6.59. The Kier molecular flexibility index (Phi) is 3.17. The fraction of sp³-hybridized carbons (Fsp3) is 0.462. The van der Waals surface area contributed by atoms with Crippen molar-refractivity contribution in [3.8, 4) is 0 Å². The Hall–Kier alpha value is -1.03. The van der Waals surface area contributed by atoms with E-state index in [1.807, 2.05) is 24.1 Å². The van der Waals surface area contributed by atoms with Gasteiger partial charge in [-0.1, -0.05) is 35.0 Å². The van der Waals surface area contributed by atoms with Gasteiger partial charge in [0.2, 0.25) is 0 Å². The number of rotatable bonds is 2. The third kappa shape index (κ3) is 1.75. The van der Waals surface area contributed by atoms with E-state index >= 15 is 0 Å². The van der Waals surface area contributed by atoms with Gasteiger partial charge in [0.25, 0.3) is 0 Å². The molecule has 0 saturated carbocycles. The van der Waals surface area contributed by atoms with Gasteiger partial charge in [-0.25, -0.2) is 4.79 Å². The summed E-state index contributed by atoms with van der Waals surface area (Å²) in [6.45, 7) is 4.89. The maximum absolute atomic E-state index is 11.7. The number of hydrogen-bond acceptors (Lipinski definition) is 1. The van der Waals surface area contributed by atoms with E-state index in [1.54, 1.807) is 0 Å². The first-order chi connectivity index (χ1) is 8.03. The van der Waals surface area contributed by atoms with Crippen molar-refractivity contribution in [1.82, 2.24) is 10.2 Å². The largest absolute Gasteiger partial charge is 0.335 e. The van der Waals surface area contributed by atoms with E-state index < -0.39 is 0 Å². The SMILES string of the molecule is CCC1(c2cccc(Br)c2C)CNC(=O)N1C. The Balaban J connectivity index is 2.56. The molecule has 1 heterocycles. The molecule has 92 valence electrons. The van der Waals surface area contributed by atoms with E-state index in [9.17, 15) is 4.79 Å².